The minimum absolute atomic E-state index is 0.0162. The third-order valence-electron chi connectivity index (χ3n) is 0.764. The van der Waals surface area contributed by atoms with Crippen molar-refractivity contribution in [1.29, 1.82) is 5.26 Å². The Kier molecular flexibility index (Phi) is 2.05. The zero-order chi connectivity index (χ0) is 7.56. The molecule has 0 aromatic carbocycles. The number of aromatic nitrogens is 2. The molecule has 0 aliphatic carbocycles. The van der Waals surface area contributed by atoms with Crippen LogP contribution < -0.4 is 0 Å². The van der Waals surface area contributed by atoms with Crippen molar-refractivity contribution in [3.05, 3.63) is 22.2 Å². The summed E-state index contributed by atoms with van der Waals surface area (Å²) in [4.78, 5) is 7.12. The summed E-state index contributed by atoms with van der Waals surface area (Å²) in [6, 6.07) is 3.08. The van der Waals surface area contributed by atoms with Crippen LogP contribution in [0.1, 0.15) is 5.82 Å². The quantitative estimate of drug-likeness (QED) is 0.561. The van der Waals surface area contributed by atoms with Crippen molar-refractivity contribution in [2.45, 2.75) is 0 Å². The van der Waals surface area contributed by atoms with E-state index in [4.69, 9.17) is 28.5 Å². The Bertz CT molecular complexity index is 271. The van der Waals surface area contributed by atoms with Crippen molar-refractivity contribution in [3.63, 3.8) is 0 Å². The summed E-state index contributed by atoms with van der Waals surface area (Å²) in [6.07, 6.45) is 0. The first-order valence-corrected chi connectivity index (χ1v) is 3.08. The van der Waals surface area contributed by atoms with Crippen LogP contribution >= 0.6 is 23.2 Å². The molecule has 0 saturated carbocycles. The van der Waals surface area contributed by atoms with Crippen molar-refractivity contribution in [2.24, 2.45) is 0 Å². The topological polar surface area (TPSA) is 49.6 Å². The Morgan fingerprint density at radius 3 is 2.20 bits per heavy atom. The number of rotatable bonds is 0. The van der Waals surface area contributed by atoms with E-state index in [2.05, 4.69) is 9.97 Å². The van der Waals surface area contributed by atoms with Crippen LogP contribution in [0.15, 0.2) is 6.07 Å². The van der Waals surface area contributed by atoms with Crippen LogP contribution in [0.4, 0.5) is 0 Å². The van der Waals surface area contributed by atoms with Crippen molar-refractivity contribution in [3.8, 4) is 6.07 Å². The maximum absolute atomic E-state index is 8.29. The van der Waals surface area contributed by atoms with Crippen molar-refractivity contribution < 1.29 is 0 Å². The maximum Gasteiger partial charge on any atom is 0.235 e. The van der Waals surface area contributed by atoms with E-state index in [1.54, 1.807) is 6.07 Å². The van der Waals surface area contributed by atoms with Gasteiger partial charge in [-0.05, 0) is 0 Å². The lowest BCUT2D eigenvalue weighted by atomic mass is 10.6. The monoisotopic (exact) mass is 173 g/mol. The molecule has 0 amide bonds. The highest BCUT2D eigenvalue weighted by molar-refractivity contribution is 6.33. The van der Waals surface area contributed by atoms with E-state index < -0.39 is 0 Å². The highest BCUT2D eigenvalue weighted by atomic mass is 35.5. The Morgan fingerprint density at radius 2 is 1.80 bits per heavy atom. The molecule has 5 heteroatoms. The summed E-state index contributed by atoms with van der Waals surface area (Å²) in [5.74, 6) is -0.0162. The molecular formula is C5HCl2N3. The van der Waals surface area contributed by atoms with Gasteiger partial charge >= 0.3 is 0 Å². The Balaban J connectivity index is 3.22. The number of hydrogen-bond donors (Lipinski definition) is 0. The molecule has 1 heterocycles. The Labute approximate surface area is 67.2 Å². The van der Waals surface area contributed by atoms with Gasteiger partial charge in [-0.15, -0.1) is 0 Å². The second-order valence-corrected chi connectivity index (χ2v) is 2.22. The van der Waals surface area contributed by atoms with Gasteiger partial charge in [0.25, 0.3) is 0 Å². The van der Waals surface area contributed by atoms with Crippen molar-refractivity contribution in [2.75, 3.05) is 0 Å². The molecule has 50 valence electrons. The summed E-state index contributed by atoms with van der Waals surface area (Å²) in [5.41, 5.74) is 0. The minimum Gasteiger partial charge on any atom is -0.207 e. The number of nitrogens with zero attached hydrogens (tertiary/aromatic N) is 3. The average Bonchev–Trinajstić information content (AvgIpc) is 1.85. The first-order chi connectivity index (χ1) is 4.72. The lowest BCUT2D eigenvalue weighted by molar-refractivity contribution is 1.11. The molecule has 0 unspecified atom stereocenters. The highest BCUT2D eigenvalue weighted by Crippen LogP contribution is 2.10. The molecule has 0 bridgehead atoms. The maximum atomic E-state index is 8.29. The fraction of sp³-hybridized carbons (Fsp3) is 0. The second kappa shape index (κ2) is 2.82. The zero-order valence-electron chi connectivity index (χ0n) is 4.67. The summed E-state index contributed by atoms with van der Waals surface area (Å²) >= 11 is 10.9. The Hall–Kier alpha value is -0.850. The van der Waals surface area contributed by atoms with E-state index >= 15 is 0 Å². The molecule has 0 aliphatic rings. The van der Waals surface area contributed by atoms with E-state index in [0.717, 1.165) is 0 Å². The molecule has 1 rings (SSSR count). The molecule has 0 N–H and O–H groups in total. The van der Waals surface area contributed by atoms with Gasteiger partial charge in [-0.1, -0.05) is 23.2 Å². The molecule has 0 spiro atoms. The van der Waals surface area contributed by atoms with Gasteiger partial charge in [0.05, 0.1) is 0 Å². The highest BCUT2D eigenvalue weighted by Gasteiger charge is 1.98. The molecule has 0 aliphatic heterocycles. The standard InChI is InChI=1S/C5HCl2N3/c6-3-1-4(7)10-5(2-8)9-3/h1H. The van der Waals surface area contributed by atoms with Gasteiger partial charge in [-0.3, -0.25) is 0 Å². The summed E-state index contributed by atoms with van der Waals surface area (Å²) in [7, 11) is 0. The molecule has 10 heavy (non-hydrogen) atoms. The molecular weight excluding hydrogens is 173 g/mol. The molecule has 1 aromatic rings. The van der Waals surface area contributed by atoms with E-state index in [1.807, 2.05) is 0 Å². The predicted molar refractivity (Wildman–Crippen MR) is 36.8 cm³/mol. The fourth-order valence-corrected chi connectivity index (χ4v) is 0.863. The third kappa shape index (κ3) is 1.56. The predicted octanol–water partition coefficient (Wildman–Crippen LogP) is 1.66. The fourth-order valence-electron chi connectivity index (χ4n) is 0.440. The summed E-state index contributed by atoms with van der Waals surface area (Å²) < 4.78 is 0. The van der Waals surface area contributed by atoms with Crippen molar-refractivity contribution >= 4 is 23.2 Å². The summed E-state index contributed by atoms with van der Waals surface area (Å²) in [6.45, 7) is 0. The molecule has 3 nitrogen and oxygen atoms in total. The van der Waals surface area contributed by atoms with Crippen LogP contribution in [-0.2, 0) is 0 Å². The second-order valence-electron chi connectivity index (χ2n) is 1.45. The molecule has 0 radical (unpaired) electrons. The number of hydrogen-bond acceptors (Lipinski definition) is 3. The lowest BCUT2D eigenvalue weighted by Gasteiger charge is -1.89. The smallest absolute Gasteiger partial charge is 0.207 e. The first kappa shape index (κ1) is 7.26. The van der Waals surface area contributed by atoms with E-state index in [-0.39, 0.29) is 16.1 Å². The molecule has 0 atom stereocenters. The van der Waals surface area contributed by atoms with Crippen LogP contribution in [0.2, 0.25) is 10.3 Å². The van der Waals surface area contributed by atoms with E-state index in [1.165, 1.54) is 6.07 Å². The summed E-state index contributed by atoms with van der Waals surface area (Å²) in [5, 5.41) is 8.65. The largest absolute Gasteiger partial charge is 0.235 e. The Morgan fingerprint density at radius 1 is 1.30 bits per heavy atom. The van der Waals surface area contributed by atoms with Gasteiger partial charge in [0.1, 0.15) is 16.4 Å². The van der Waals surface area contributed by atoms with Crippen LogP contribution in [0, 0.1) is 11.3 Å². The van der Waals surface area contributed by atoms with Gasteiger partial charge in [0.2, 0.25) is 5.82 Å². The third-order valence-corrected chi connectivity index (χ3v) is 1.15. The minimum atomic E-state index is -0.0162. The van der Waals surface area contributed by atoms with Crippen molar-refractivity contribution in [1.82, 2.24) is 9.97 Å². The molecule has 0 saturated heterocycles. The molecule has 1 aromatic heterocycles. The zero-order valence-corrected chi connectivity index (χ0v) is 6.19. The lowest BCUT2D eigenvalue weighted by Crippen LogP contribution is -1.88. The van der Waals surface area contributed by atoms with Crippen LogP contribution in [0.5, 0.6) is 0 Å². The van der Waals surface area contributed by atoms with Gasteiger partial charge in [0.15, 0.2) is 0 Å². The number of nitriles is 1. The van der Waals surface area contributed by atoms with Gasteiger partial charge in [-0.2, -0.15) is 5.26 Å². The average molecular weight is 174 g/mol. The van der Waals surface area contributed by atoms with Crippen LogP contribution in [-0.4, -0.2) is 9.97 Å². The van der Waals surface area contributed by atoms with E-state index in [9.17, 15) is 0 Å². The normalized spacial score (nSPS) is 8.90. The van der Waals surface area contributed by atoms with E-state index in [0.29, 0.717) is 0 Å². The van der Waals surface area contributed by atoms with Gasteiger partial charge < -0.3 is 0 Å². The SMILES string of the molecule is N#Cc1nc(Cl)cc(Cl)n1. The van der Waals surface area contributed by atoms with Crippen LogP contribution in [0.3, 0.4) is 0 Å². The first-order valence-electron chi connectivity index (χ1n) is 2.32. The van der Waals surface area contributed by atoms with Gasteiger partial charge in [-0.25, -0.2) is 9.97 Å². The van der Waals surface area contributed by atoms with Gasteiger partial charge in [0, 0.05) is 6.07 Å². The number of halogens is 2. The molecule has 0 fully saturated rings. The van der Waals surface area contributed by atoms with Crippen LogP contribution in [0.25, 0.3) is 0 Å².